The maximum atomic E-state index is 12.1. The predicted octanol–water partition coefficient (Wildman–Crippen LogP) is 4.00. The second-order valence-corrected chi connectivity index (χ2v) is 4.22. The van der Waals surface area contributed by atoms with Crippen molar-refractivity contribution in [2.45, 2.75) is 25.6 Å². The summed E-state index contributed by atoms with van der Waals surface area (Å²) in [5.74, 6) is 0. The molecule has 1 aromatic rings. The highest BCUT2D eigenvalue weighted by molar-refractivity contribution is 6.31. The summed E-state index contributed by atoms with van der Waals surface area (Å²) >= 11 is 5.65. The van der Waals surface area contributed by atoms with Gasteiger partial charge in [0.2, 0.25) is 0 Å². The molecule has 0 aliphatic heterocycles. The molecule has 1 aromatic carbocycles. The Morgan fingerprint density at radius 2 is 2.11 bits per heavy atom. The maximum Gasteiger partial charge on any atom is 0.391 e. The molecule has 1 rings (SSSR count). The largest absolute Gasteiger partial charge is 0.391 e. The first-order valence-corrected chi connectivity index (χ1v) is 5.34. The standard InChI is InChI=1S/C10H10ClF3N2O2/c1-6(5-10(12,13)14)15-8-4-7(11)2-3-9(8)16(17)18/h2-4,6,15H,5H2,1H3. The van der Waals surface area contributed by atoms with Crippen molar-refractivity contribution in [2.24, 2.45) is 0 Å². The maximum absolute atomic E-state index is 12.1. The van der Waals surface area contributed by atoms with E-state index in [-0.39, 0.29) is 16.4 Å². The second kappa shape index (κ2) is 5.43. The summed E-state index contributed by atoms with van der Waals surface area (Å²) in [5.41, 5.74) is -0.335. The fraction of sp³-hybridized carbons (Fsp3) is 0.400. The summed E-state index contributed by atoms with van der Waals surface area (Å²) in [6, 6.07) is 2.69. The number of anilines is 1. The smallest absolute Gasteiger partial charge is 0.377 e. The van der Waals surface area contributed by atoms with Gasteiger partial charge in [-0.25, -0.2) is 0 Å². The van der Waals surface area contributed by atoms with Crippen molar-refractivity contribution in [3.8, 4) is 0 Å². The minimum absolute atomic E-state index is 0.0238. The number of rotatable bonds is 4. The van der Waals surface area contributed by atoms with Crippen LogP contribution >= 0.6 is 11.6 Å². The molecule has 0 bridgehead atoms. The molecule has 0 aliphatic carbocycles. The van der Waals surface area contributed by atoms with E-state index in [0.29, 0.717) is 0 Å². The molecule has 1 unspecified atom stereocenters. The van der Waals surface area contributed by atoms with Crippen LogP contribution in [0.4, 0.5) is 24.5 Å². The molecule has 0 amide bonds. The number of hydrogen-bond donors (Lipinski definition) is 1. The zero-order chi connectivity index (χ0) is 13.9. The van der Waals surface area contributed by atoms with Crippen LogP contribution in [0.25, 0.3) is 0 Å². The molecular weight excluding hydrogens is 273 g/mol. The van der Waals surface area contributed by atoms with Crippen molar-refractivity contribution in [3.63, 3.8) is 0 Å². The molecular formula is C10H10ClF3N2O2. The molecule has 1 atom stereocenters. The van der Waals surface area contributed by atoms with E-state index >= 15 is 0 Å². The zero-order valence-corrected chi connectivity index (χ0v) is 10.0. The molecule has 100 valence electrons. The number of nitro benzene ring substituents is 1. The molecule has 0 saturated carbocycles. The van der Waals surface area contributed by atoms with E-state index in [4.69, 9.17) is 11.6 Å². The van der Waals surface area contributed by atoms with Gasteiger partial charge in [0.15, 0.2) is 0 Å². The average Bonchev–Trinajstić information content (AvgIpc) is 2.13. The van der Waals surface area contributed by atoms with Crippen LogP contribution in [0.5, 0.6) is 0 Å². The second-order valence-electron chi connectivity index (χ2n) is 3.78. The van der Waals surface area contributed by atoms with Gasteiger partial charge in [-0.2, -0.15) is 13.2 Å². The van der Waals surface area contributed by atoms with E-state index in [1.807, 2.05) is 0 Å². The molecule has 0 aromatic heterocycles. The summed E-state index contributed by atoms with van der Waals surface area (Å²) in [5, 5.41) is 13.4. The third-order valence-corrected chi connectivity index (χ3v) is 2.33. The van der Waals surface area contributed by atoms with Gasteiger partial charge in [-0.1, -0.05) is 11.6 Å². The first-order valence-electron chi connectivity index (χ1n) is 4.96. The predicted molar refractivity (Wildman–Crippen MR) is 61.9 cm³/mol. The minimum atomic E-state index is -4.33. The molecule has 0 saturated heterocycles. The van der Waals surface area contributed by atoms with Crippen molar-refractivity contribution in [3.05, 3.63) is 33.3 Å². The van der Waals surface area contributed by atoms with Gasteiger partial charge >= 0.3 is 6.18 Å². The molecule has 8 heteroatoms. The van der Waals surface area contributed by atoms with Gasteiger partial charge in [0.1, 0.15) is 5.69 Å². The monoisotopic (exact) mass is 282 g/mol. The van der Waals surface area contributed by atoms with Crippen molar-refractivity contribution in [1.29, 1.82) is 0 Å². The zero-order valence-electron chi connectivity index (χ0n) is 9.29. The van der Waals surface area contributed by atoms with Crippen LogP contribution in [-0.4, -0.2) is 17.1 Å². The summed E-state index contributed by atoms with van der Waals surface area (Å²) in [6.45, 7) is 1.29. The lowest BCUT2D eigenvalue weighted by atomic mass is 10.2. The highest BCUT2D eigenvalue weighted by Crippen LogP contribution is 2.30. The highest BCUT2D eigenvalue weighted by Gasteiger charge is 2.30. The summed E-state index contributed by atoms with van der Waals surface area (Å²) in [7, 11) is 0. The molecule has 0 spiro atoms. The molecule has 0 radical (unpaired) electrons. The van der Waals surface area contributed by atoms with Gasteiger partial charge < -0.3 is 5.32 Å². The van der Waals surface area contributed by atoms with Crippen LogP contribution in [0.15, 0.2) is 18.2 Å². The number of benzene rings is 1. The Balaban J connectivity index is 2.89. The third kappa shape index (κ3) is 4.40. The van der Waals surface area contributed by atoms with E-state index in [0.717, 1.165) is 6.07 Å². The van der Waals surface area contributed by atoms with Gasteiger partial charge in [-0.3, -0.25) is 10.1 Å². The SMILES string of the molecule is CC(CC(F)(F)F)Nc1cc(Cl)ccc1[N+](=O)[O-]. The Morgan fingerprint density at radius 3 is 2.61 bits per heavy atom. The number of nitrogens with one attached hydrogen (secondary N) is 1. The summed E-state index contributed by atoms with van der Waals surface area (Å²) in [4.78, 5) is 10.0. The van der Waals surface area contributed by atoms with Crippen LogP contribution in [0, 0.1) is 10.1 Å². The fourth-order valence-electron chi connectivity index (χ4n) is 1.45. The van der Waals surface area contributed by atoms with Crippen molar-refractivity contribution < 1.29 is 18.1 Å². The first kappa shape index (κ1) is 14.6. The van der Waals surface area contributed by atoms with Gasteiger partial charge in [0.25, 0.3) is 5.69 Å². The van der Waals surface area contributed by atoms with Crippen LogP contribution in [-0.2, 0) is 0 Å². The lowest BCUT2D eigenvalue weighted by Gasteiger charge is -2.17. The lowest BCUT2D eigenvalue weighted by Crippen LogP contribution is -2.24. The molecule has 0 fully saturated rings. The van der Waals surface area contributed by atoms with Crippen LogP contribution in [0.2, 0.25) is 5.02 Å². The lowest BCUT2D eigenvalue weighted by molar-refractivity contribution is -0.384. The number of alkyl halides is 3. The molecule has 4 nitrogen and oxygen atoms in total. The van der Waals surface area contributed by atoms with E-state index in [2.05, 4.69) is 5.32 Å². The van der Waals surface area contributed by atoms with Crippen LogP contribution in [0.3, 0.4) is 0 Å². The number of nitrogens with zero attached hydrogens (tertiary/aromatic N) is 1. The topological polar surface area (TPSA) is 55.2 Å². The number of nitro groups is 1. The van der Waals surface area contributed by atoms with Crippen molar-refractivity contribution >= 4 is 23.0 Å². The van der Waals surface area contributed by atoms with Gasteiger partial charge in [0.05, 0.1) is 11.3 Å². The van der Waals surface area contributed by atoms with Crippen molar-refractivity contribution in [1.82, 2.24) is 0 Å². The Morgan fingerprint density at radius 1 is 1.50 bits per heavy atom. The molecule has 1 N–H and O–H groups in total. The van der Waals surface area contributed by atoms with Crippen LogP contribution < -0.4 is 5.32 Å². The summed E-state index contributed by atoms with van der Waals surface area (Å²) in [6.07, 6.45) is -5.42. The number of hydrogen-bond acceptors (Lipinski definition) is 3. The van der Waals surface area contributed by atoms with Crippen LogP contribution in [0.1, 0.15) is 13.3 Å². The Bertz CT molecular complexity index is 451. The molecule has 0 aliphatic rings. The fourth-order valence-corrected chi connectivity index (χ4v) is 1.62. The molecule has 18 heavy (non-hydrogen) atoms. The van der Waals surface area contributed by atoms with Gasteiger partial charge in [0, 0.05) is 17.1 Å². The highest BCUT2D eigenvalue weighted by atomic mass is 35.5. The first-order chi connectivity index (χ1) is 8.19. The van der Waals surface area contributed by atoms with E-state index in [1.165, 1.54) is 19.1 Å². The Hall–Kier alpha value is -1.50. The third-order valence-electron chi connectivity index (χ3n) is 2.09. The Labute approximate surface area is 106 Å². The normalized spacial score (nSPS) is 13.2. The van der Waals surface area contributed by atoms with E-state index in [1.54, 1.807) is 0 Å². The molecule has 0 heterocycles. The van der Waals surface area contributed by atoms with Gasteiger partial charge in [-0.05, 0) is 19.1 Å². The quantitative estimate of drug-likeness (QED) is 0.671. The van der Waals surface area contributed by atoms with E-state index in [9.17, 15) is 23.3 Å². The minimum Gasteiger partial charge on any atom is -0.377 e. The summed E-state index contributed by atoms with van der Waals surface area (Å²) < 4.78 is 36.4. The van der Waals surface area contributed by atoms with Gasteiger partial charge in [-0.15, -0.1) is 0 Å². The number of halogens is 4. The average molecular weight is 283 g/mol. The van der Waals surface area contributed by atoms with Crippen molar-refractivity contribution in [2.75, 3.05) is 5.32 Å². The Kier molecular flexibility index (Phi) is 4.39. The van der Waals surface area contributed by atoms with E-state index < -0.39 is 23.6 Å².